The zero-order valence-corrected chi connectivity index (χ0v) is 21.9. The van der Waals surface area contributed by atoms with E-state index in [4.69, 9.17) is 14.9 Å². The van der Waals surface area contributed by atoms with Crippen LogP contribution in [0.5, 0.6) is 5.75 Å². The number of nitrogen functional groups attached to an aromatic ring is 1. The number of benzene rings is 2. The predicted octanol–water partition coefficient (Wildman–Crippen LogP) is 7.61. The van der Waals surface area contributed by atoms with Gasteiger partial charge in [-0.15, -0.1) is 0 Å². The van der Waals surface area contributed by atoms with Crippen LogP contribution in [0, 0.1) is 0 Å². The lowest BCUT2D eigenvalue weighted by molar-refractivity contribution is 0.0202. The summed E-state index contributed by atoms with van der Waals surface area (Å²) in [6.07, 6.45) is 8.36. The fraction of sp³-hybridized carbons (Fsp3) is 0.500. The maximum atomic E-state index is 13.6. The fourth-order valence-corrected chi connectivity index (χ4v) is 4.45. The first-order chi connectivity index (χ1) is 17.0. The van der Waals surface area contributed by atoms with Crippen molar-refractivity contribution in [3.8, 4) is 5.75 Å². The Hall–Kier alpha value is -2.79. The highest BCUT2D eigenvalue weighted by Gasteiger charge is 2.23. The Morgan fingerprint density at radius 2 is 1.60 bits per heavy atom. The maximum Gasteiger partial charge on any atom is 0.197 e. The smallest absolute Gasteiger partial charge is 0.197 e. The van der Waals surface area contributed by atoms with E-state index in [1.807, 2.05) is 42.5 Å². The van der Waals surface area contributed by atoms with E-state index in [1.54, 1.807) is 0 Å². The summed E-state index contributed by atoms with van der Waals surface area (Å²) in [5, 5.41) is 0.787. The van der Waals surface area contributed by atoms with Gasteiger partial charge in [-0.2, -0.15) is 0 Å². The molecule has 1 aromatic heterocycles. The van der Waals surface area contributed by atoms with Crippen molar-refractivity contribution in [3.63, 3.8) is 0 Å². The second kappa shape index (κ2) is 13.3. The molecule has 1 heterocycles. The summed E-state index contributed by atoms with van der Waals surface area (Å²) >= 11 is 0. The van der Waals surface area contributed by atoms with Gasteiger partial charge in [0.15, 0.2) is 12.0 Å². The molecule has 190 valence electrons. The molecule has 0 aliphatic rings. The van der Waals surface area contributed by atoms with E-state index in [0.29, 0.717) is 22.4 Å². The average molecular weight is 479 g/mol. The van der Waals surface area contributed by atoms with Crippen LogP contribution < -0.4 is 10.5 Å². The van der Waals surface area contributed by atoms with Crippen molar-refractivity contribution >= 4 is 22.4 Å². The summed E-state index contributed by atoms with van der Waals surface area (Å²) < 4.78 is 12.5. The molecule has 3 rings (SSSR count). The van der Waals surface area contributed by atoms with Gasteiger partial charge in [-0.25, -0.2) is 0 Å². The number of nitrogens with two attached hydrogens (primary N) is 1. The Bertz CT molecular complexity index is 1060. The molecule has 5 nitrogen and oxygen atoms in total. The summed E-state index contributed by atoms with van der Waals surface area (Å²) in [5.41, 5.74) is 8.62. The minimum atomic E-state index is -0.0356. The Labute approximate surface area is 210 Å². The molecule has 0 spiro atoms. The summed E-state index contributed by atoms with van der Waals surface area (Å²) in [6, 6.07) is 13.0. The second-order valence-corrected chi connectivity index (χ2v) is 9.34. The lowest BCUT2D eigenvalue weighted by Crippen LogP contribution is -2.40. The minimum absolute atomic E-state index is 0.0356. The van der Waals surface area contributed by atoms with E-state index in [1.165, 1.54) is 25.7 Å². The largest absolute Gasteiger partial charge is 0.475 e. The lowest BCUT2D eigenvalue weighted by Gasteiger charge is -2.31. The van der Waals surface area contributed by atoms with E-state index < -0.39 is 0 Å². The van der Waals surface area contributed by atoms with Gasteiger partial charge in [0.25, 0.3) is 0 Å². The summed E-state index contributed by atoms with van der Waals surface area (Å²) in [6.45, 7) is 10.8. The Balaban J connectivity index is 1.82. The lowest BCUT2D eigenvalue weighted by atomic mass is 9.98. The van der Waals surface area contributed by atoms with Crippen molar-refractivity contribution in [1.82, 2.24) is 4.90 Å². The van der Waals surface area contributed by atoms with Gasteiger partial charge in [0.1, 0.15) is 17.1 Å². The number of fused-ring (bicyclic) bond motifs is 1. The van der Waals surface area contributed by atoms with E-state index in [-0.39, 0.29) is 12.0 Å². The van der Waals surface area contributed by atoms with Crippen molar-refractivity contribution < 1.29 is 13.9 Å². The molecule has 35 heavy (non-hydrogen) atoms. The number of hydrogen-bond donors (Lipinski definition) is 1. The normalized spacial score (nSPS) is 12.4. The second-order valence-electron chi connectivity index (χ2n) is 9.34. The van der Waals surface area contributed by atoms with E-state index in [2.05, 4.69) is 32.6 Å². The number of ketones is 1. The number of nitrogens with zero attached hydrogens (tertiary/aromatic N) is 1. The monoisotopic (exact) mass is 478 g/mol. The molecule has 0 bridgehead atoms. The number of carbonyl (C=O) groups is 1. The molecule has 0 aliphatic carbocycles. The average Bonchev–Trinajstić information content (AvgIpc) is 3.23. The van der Waals surface area contributed by atoms with Gasteiger partial charge in [0.2, 0.25) is 0 Å². The first kappa shape index (κ1) is 26.8. The van der Waals surface area contributed by atoms with Crippen molar-refractivity contribution in [1.29, 1.82) is 0 Å². The summed E-state index contributed by atoms with van der Waals surface area (Å²) in [4.78, 5) is 16.1. The number of furan rings is 1. The Morgan fingerprint density at radius 1 is 0.943 bits per heavy atom. The maximum absolute atomic E-state index is 13.6. The zero-order chi connectivity index (χ0) is 25.2. The summed E-state index contributed by atoms with van der Waals surface area (Å²) in [7, 11) is 0. The third-order valence-corrected chi connectivity index (χ3v) is 6.51. The van der Waals surface area contributed by atoms with Crippen LogP contribution in [0.4, 0.5) is 5.69 Å². The molecule has 1 unspecified atom stereocenters. The Morgan fingerprint density at radius 3 is 2.20 bits per heavy atom. The molecule has 0 saturated heterocycles. The molecule has 3 aromatic rings. The molecule has 0 aliphatic heterocycles. The van der Waals surface area contributed by atoms with Gasteiger partial charge in [0, 0.05) is 36.1 Å². The third-order valence-electron chi connectivity index (χ3n) is 6.51. The fourth-order valence-electron chi connectivity index (χ4n) is 4.45. The molecule has 2 aromatic carbocycles. The van der Waals surface area contributed by atoms with Gasteiger partial charge < -0.3 is 14.9 Å². The van der Waals surface area contributed by atoms with Crippen molar-refractivity contribution in [2.45, 2.75) is 85.3 Å². The van der Waals surface area contributed by atoms with Crippen LogP contribution in [0.15, 0.2) is 46.9 Å². The van der Waals surface area contributed by atoms with Gasteiger partial charge in [0.05, 0.1) is 5.56 Å². The number of aryl methyl sites for hydroxylation is 1. The predicted molar refractivity (Wildman–Crippen MR) is 145 cm³/mol. The number of rotatable bonds is 15. The molecule has 1 atom stereocenters. The van der Waals surface area contributed by atoms with Crippen molar-refractivity contribution in [2.24, 2.45) is 0 Å². The summed E-state index contributed by atoms with van der Waals surface area (Å²) in [5.74, 6) is 1.50. The molecular weight excluding hydrogens is 436 g/mol. The highest BCUT2D eigenvalue weighted by Crippen LogP contribution is 2.31. The zero-order valence-electron chi connectivity index (χ0n) is 21.9. The van der Waals surface area contributed by atoms with Crippen LogP contribution in [0.1, 0.15) is 94.3 Å². The minimum Gasteiger partial charge on any atom is -0.475 e. The molecular formula is C30H42N2O3. The van der Waals surface area contributed by atoms with Gasteiger partial charge in [-0.1, -0.05) is 47.0 Å². The highest BCUT2D eigenvalue weighted by atomic mass is 16.5. The van der Waals surface area contributed by atoms with Crippen LogP contribution >= 0.6 is 0 Å². The molecule has 0 radical (unpaired) electrons. The number of anilines is 1. The van der Waals surface area contributed by atoms with Gasteiger partial charge >= 0.3 is 0 Å². The first-order valence-electron chi connectivity index (χ1n) is 13.4. The van der Waals surface area contributed by atoms with Gasteiger partial charge in [-0.05, 0) is 68.1 Å². The topological polar surface area (TPSA) is 68.7 Å². The number of carbonyl (C=O) groups excluding carboxylic acids is 1. The number of hydrogen-bond acceptors (Lipinski definition) is 5. The third kappa shape index (κ3) is 6.88. The number of unbranched alkanes of at least 4 members (excludes halogenated alkanes) is 3. The quantitative estimate of drug-likeness (QED) is 0.138. The van der Waals surface area contributed by atoms with Crippen LogP contribution in [-0.2, 0) is 6.42 Å². The van der Waals surface area contributed by atoms with Gasteiger partial charge in [-0.3, -0.25) is 9.69 Å². The van der Waals surface area contributed by atoms with Crippen molar-refractivity contribution in [3.05, 3.63) is 59.4 Å². The molecule has 0 fully saturated rings. The number of ether oxygens (including phenoxy) is 1. The van der Waals surface area contributed by atoms with E-state index in [0.717, 1.165) is 55.7 Å². The molecule has 0 saturated carbocycles. The molecule has 0 amide bonds. The van der Waals surface area contributed by atoms with Crippen LogP contribution in [0.2, 0.25) is 0 Å². The highest BCUT2D eigenvalue weighted by molar-refractivity contribution is 6.17. The standard InChI is InChI=1S/C30H42N2O3/c1-5-9-12-27-29(25-21-23(31)15-18-26(25)35-27)30(33)22-13-16-24(17-14-22)34-28(8-4)32(19-10-6-2)20-11-7-3/h13-18,21,28H,5-12,19-20,31H2,1-4H3. The van der Waals surface area contributed by atoms with Crippen LogP contribution in [0.25, 0.3) is 11.0 Å². The Kier molecular flexibility index (Phi) is 10.2. The van der Waals surface area contributed by atoms with Crippen LogP contribution in [-0.4, -0.2) is 30.0 Å². The van der Waals surface area contributed by atoms with Crippen LogP contribution in [0.3, 0.4) is 0 Å². The first-order valence-corrected chi connectivity index (χ1v) is 13.4. The van der Waals surface area contributed by atoms with E-state index in [9.17, 15) is 4.79 Å². The molecule has 5 heteroatoms. The molecule has 2 N–H and O–H groups in total. The van der Waals surface area contributed by atoms with Crippen molar-refractivity contribution in [2.75, 3.05) is 18.8 Å². The SMILES string of the molecule is CCCCc1oc2ccc(N)cc2c1C(=O)c1ccc(OC(CC)N(CCCC)CCCC)cc1. The van der Waals surface area contributed by atoms with E-state index >= 15 is 0 Å².